The van der Waals surface area contributed by atoms with Gasteiger partial charge in [0.15, 0.2) is 0 Å². The van der Waals surface area contributed by atoms with Gasteiger partial charge in [0.1, 0.15) is 0 Å². The van der Waals surface area contributed by atoms with Crippen LogP contribution in [0.15, 0.2) is 113 Å². The van der Waals surface area contributed by atoms with E-state index in [-0.39, 0.29) is 0 Å². The average molecular weight is 488 g/mol. The summed E-state index contributed by atoms with van der Waals surface area (Å²) in [6.07, 6.45) is 0. The van der Waals surface area contributed by atoms with Gasteiger partial charge in [0, 0.05) is 24.5 Å². The lowest BCUT2D eigenvalue weighted by atomic mass is 9.94. The Morgan fingerprint density at radius 3 is 1.79 bits per heavy atom. The van der Waals surface area contributed by atoms with Crippen molar-refractivity contribution < 1.29 is 0 Å². The molecule has 0 N–H and O–H groups in total. The van der Waals surface area contributed by atoms with Gasteiger partial charge in [0.05, 0.1) is 0 Å². The topological polar surface area (TPSA) is 0 Å². The normalized spacial score (nSPS) is 11.2. The molecule has 0 amide bonds. The second kappa shape index (κ2) is 7.61. The Morgan fingerprint density at radius 2 is 1.07 bits per heavy atom. The Bertz CT molecular complexity index is 1290. The van der Waals surface area contributed by atoms with Crippen LogP contribution in [-0.2, 0) is 0 Å². The van der Waals surface area contributed by atoms with Crippen LogP contribution in [0.5, 0.6) is 0 Å². The minimum atomic E-state index is 1.26. The molecule has 2 heteroatoms. The molecule has 0 aromatic heterocycles. The van der Waals surface area contributed by atoms with Gasteiger partial charge in [0.25, 0.3) is 0 Å². The molecule has 0 heterocycles. The molecule has 0 saturated heterocycles. The predicted octanol–water partition coefficient (Wildman–Crippen LogP) is 8.42. The molecule has 134 valence electrons. The molecule has 0 fully saturated rings. The molecular formula is C26H17IS. The highest BCUT2D eigenvalue weighted by Gasteiger charge is 2.16. The summed E-state index contributed by atoms with van der Waals surface area (Å²) in [4.78, 5) is 2.55. The highest BCUT2D eigenvalue weighted by Crippen LogP contribution is 2.44. The first kappa shape index (κ1) is 17.8. The van der Waals surface area contributed by atoms with Gasteiger partial charge in [-0.3, -0.25) is 0 Å². The van der Waals surface area contributed by atoms with Gasteiger partial charge in [0.2, 0.25) is 0 Å². The summed E-state index contributed by atoms with van der Waals surface area (Å²) in [6.45, 7) is 0. The molecule has 5 rings (SSSR count). The van der Waals surface area contributed by atoms with E-state index in [9.17, 15) is 0 Å². The summed E-state index contributed by atoms with van der Waals surface area (Å²) in [5.74, 6) is 0. The van der Waals surface area contributed by atoms with Crippen LogP contribution < -0.4 is 0 Å². The Hall–Kier alpha value is -2.30. The van der Waals surface area contributed by atoms with Crippen molar-refractivity contribution in [1.29, 1.82) is 0 Å². The molecule has 28 heavy (non-hydrogen) atoms. The molecule has 5 aromatic carbocycles. The third kappa shape index (κ3) is 3.21. The zero-order valence-corrected chi connectivity index (χ0v) is 18.1. The summed E-state index contributed by atoms with van der Waals surface area (Å²) in [7, 11) is 0. The lowest BCUT2D eigenvalue weighted by Crippen LogP contribution is -1.91. The molecule has 0 saturated carbocycles. The molecule has 0 aliphatic heterocycles. The van der Waals surface area contributed by atoms with E-state index in [0.717, 1.165) is 0 Å². The van der Waals surface area contributed by atoms with E-state index in [1.54, 1.807) is 0 Å². The highest BCUT2D eigenvalue weighted by molar-refractivity contribution is 14.1. The van der Waals surface area contributed by atoms with Gasteiger partial charge >= 0.3 is 0 Å². The molecule has 0 bridgehead atoms. The first-order chi connectivity index (χ1) is 13.8. The summed E-state index contributed by atoms with van der Waals surface area (Å²) in [6, 6.07) is 37.0. The fourth-order valence-electron chi connectivity index (χ4n) is 3.71. The molecule has 0 unspecified atom stereocenters. The van der Waals surface area contributed by atoms with Crippen LogP contribution in [-0.4, -0.2) is 0 Å². The van der Waals surface area contributed by atoms with E-state index in [2.05, 4.69) is 126 Å². The van der Waals surface area contributed by atoms with Crippen molar-refractivity contribution in [3.8, 4) is 11.1 Å². The summed E-state index contributed by atoms with van der Waals surface area (Å²) in [5, 5.41) is 5.17. The maximum atomic E-state index is 2.48. The smallest absolute Gasteiger partial charge is 0.0215 e. The van der Waals surface area contributed by atoms with Crippen LogP contribution in [0.1, 0.15) is 0 Å². The van der Waals surface area contributed by atoms with E-state index >= 15 is 0 Å². The minimum absolute atomic E-state index is 1.26. The molecule has 0 aliphatic rings. The van der Waals surface area contributed by atoms with Crippen LogP contribution in [0.25, 0.3) is 32.7 Å². The molecule has 5 aromatic rings. The fraction of sp³-hybridized carbons (Fsp3) is 0. The van der Waals surface area contributed by atoms with Crippen LogP contribution in [0, 0.1) is 3.57 Å². The van der Waals surface area contributed by atoms with Crippen molar-refractivity contribution in [2.75, 3.05) is 0 Å². The van der Waals surface area contributed by atoms with E-state index < -0.39 is 0 Å². The number of rotatable bonds is 3. The molecule has 0 aliphatic carbocycles. The van der Waals surface area contributed by atoms with Gasteiger partial charge in [-0.1, -0.05) is 90.6 Å². The maximum Gasteiger partial charge on any atom is 0.0215 e. The van der Waals surface area contributed by atoms with Crippen LogP contribution in [0.2, 0.25) is 0 Å². The van der Waals surface area contributed by atoms with Gasteiger partial charge in [-0.25, -0.2) is 0 Å². The third-order valence-electron chi connectivity index (χ3n) is 4.99. The van der Waals surface area contributed by atoms with Crippen molar-refractivity contribution in [3.05, 3.63) is 107 Å². The van der Waals surface area contributed by atoms with Crippen molar-refractivity contribution in [2.24, 2.45) is 0 Å². The first-order valence-corrected chi connectivity index (χ1v) is 11.1. The second-order valence-electron chi connectivity index (χ2n) is 6.72. The number of benzene rings is 5. The Kier molecular flexibility index (Phi) is 4.83. The Labute approximate surface area is 182 Å². The highest BCUT2D eigenvalue weighted by atomic mass is 127. The van der Waals surface area contributed by atoms with Gasteiger partial charge in [-0.05, 0) is 68.4 Å². The molecular weight excluding hydrogens is 471 g/mol. The third-order valence-corrected chi connectivity index (χ3v) is 6.96. The lowest BCUT2D eigenvalue weighted by molar-refractivity contribution is 1.42. The largest absolute Gasteiger partial charge is 0.0894 e. The van der Waals surface area contributed by atoms with Crippen molar-refractivity contribution in [2.45, 2.75) is 9.79 Å². The van der Waals surface area contributed by atoms with E-state index in [0.29, 0.717) is 0 Å². The van der Waals surface area contributed by atoms with Crippen LogP contribution >= 0.6 is 34.4 Å². The van der Waals surface area contributed by atoms with Crippen LogP contribution in [0.4, 0.5) is 0 Å². The zero-order valence-electron chi connectivity index (χ0n) is 15.1. The van der Waals surface area contributed by atoms with Crippen molar-refractivity contribution in [1.82, 2.24) is 0 Å². The number of hydrogen-bond acceptors (Lipinski definition) is 1. The van der Waals surface area contributed by atoms with Crippen molar-refractivity contribution in [3.63, 3.8) is 0 Å². The maximum absolute atomic E-state index is 2.48. The summed E-state index contributed by atoms with van der Waals surface area (Å²) in [5.41, 5.74) is 2.65. The molecule has 0 nitrogen and oxygen atoms in total. The number of hydrogen-bond donors (Lipinski definition) is 0. The molecule has 0 spiro atoms. The number of halogens is 1. The quantitative estimate of drug-likeness (QED) is 0.230. The van der Waals surface area contributed by atoms with Crippen LogP contribution in [0.3, 0.4) is 0 Å². The van der Waals surface area contributed by atoms with Gasteiger partial charge in [-0.15, -0.1) is 0 Å². The van der Waals surface area contributed by atoms with E-state index in [1.165, 1.54) is 46.0 Å². The first-order valence-electron chi connectivity index (χ1n) is 9.23. The average Bonchev–Trinajstić information content (AvgIpc) is 2.75. The Morgan fingerprint density at radius 1 is 0.500 bits per heavy atom. The van der Waals surface area contributed by atoms with E-state index in [4.69, 9.17) is 0 Å². The predicted molar refractivity (Wildman–Crippen MR) is 130 cm³/mol. The molecule has 0 radical (unpaired) electrons. The lowest BCUT2D eigenvalue weighted by Gasteiger charge is -2.17. The zero-order chi connectivity index (χ0) is 18.9. The van der Waals surface area contributed by atoms with E-state index in [1.807, 2.05) is 11.8 Å². The fourth-order valence-corrected chi connectivity index (χ4v) is 5.45. The summed E-state index contributed by atoms with van der Waals surface area (Å²) < 4.78 is 1.28. The van der Waals surface area contributed by atoms with Gasteiger partial charge < -0.3 is 0 Å². The number of fused-ring (bicyclic) bond motifs is 2. The second-order valence-corrected chi connectivity index (χ2v) is 9.00. The SMILES string of the molecule is Ic1ccc2ccccc2c1-c1c(Sc2ccccc2)ccc2ccccc12. The standard InChI is InChI=1S/C26H17IS/c27-23-16-14-18-8-4-6-12-21(18)25(23)26-22-13-7-5-9-19(22)15-17-24(26)28-20-10-2-1-3-11-20/h1-17H. The monoisotopic (exact) mass is 488 g/mol. The Balaban J connectivity index is 1.86. The van der Waals surface area contributed by atoms with Gasteiger partial charge in [-0.2, -0.15) is 0 Å². The minimum Gasteiger partial charge on any atom is -0.0894 e. The summed E-state index contributed by atoms with van der Waals surface area (Å²) >= 11 is 4.32. The van der Waals surface area contributed by atoms with Crippen molar-refractivity contribution >= 4 is 55.9 Å². The molecule has 0 atom stereocenters.